The van der Waals surface area contributed by atoms with Crippen molar-refractivity contribution in [1.29, 1.82) is 0 Å². The number of anilines is 1. The summed E-state index contributed by atoms with van der Waals surface area (Å²) in [4.78, 5) is 13.9. The van der Waals surface area contributed by atoms with E-state index in [1.807, 2.05) is 68.4 Å². The molecule has 0 fully saturated rings. The molecule has 1 atom stereocenters. The summed E-state index contributed by atoms with van der Waals surface area (Å²) in [7, 11) is 0. The third kappa shape index (κ3) is 10.5. The van der Waals surface area contributed by atoms with Crippen LogP contribution in [-0.2, 0) is 4.79 Å². The van der Waals surface area contributed by atoms with Crippen LogP contribution in [0.2, 0.25) is 10.0 Å². The molecule has 0 radical (unpaired) electrons. The summed E-state index contributed by atoms with van der Waals surface area (Å²) in [6.07, 6.45) is 0. The van der Waals surface area contributed by atoms with Gasteiger partial charge in [-0.25, -0.2) is 0 Å². The second-order valence-corrected chi connectivity index (χ2v) is 10.7. The fourth-order valence-corrected chi connectivity index (χ4v) is 4.24. The predicted octanol–water partition coefficient (Wildman–Crippen LogP) is 7.72. The van der Waals surface area contributed by atoms with Crippen molar-refractivity contribution in [3.05, 3.63) is 94.5 Å². The monoisotopic (exact) mass is 638 g/mol. The molecule has 41 heavy (non-hydrogen) atoms. The number of rotatable bonds is 9. The van der Waals surface area contributed by atoms with Crippen LogP contribution in [0.25, 0.3) is 22.6 Å². The van der Waals surface area contributed by atoms with E-state index >= 15 is 0 Å². The highest BCUT2D eigenvalue weighted by atomic mass is 35.5. The van der Waals surface area contributed by atoms with Crippen LogP contribution in [0.4, 0.5) is 5.69 Å². The van der Waals surface area contributed by atoms with E-state index in [0.717, 1.165) is 16.8 Å². The molecule has 4 rings (SSSR count). The molecule has 1 amide bonds. The summed E-state index contributed by atoms with van der Waals surface area (Å²) in [5, 5.41) is 17.8. The minimum Gasteiger partial charge on any atom is -0.376 e. The molecule has 220 valence electrons. The Labute approximate surface area is 261 Å². The summed E-state index contributed by atoms with van der Waals surface area (Å²) in [6, 6.07) is 22.9. The number of carbonyl (C=O) groups excluding carboxylic acids is 1. The van der Waals surface area contributed by atoms with Gasteiger partial charge in [0.05, 0.1) is 10.0 Å². The molecule has 1 aromatic heterocycles. The number of nitrogens with one attached hydrogen (secondary N) is 1. The number of benzene rings is 3. The van der Waals surface area contributed by atoms with Crippen LogP contribution in [-0.4, -0.2) is 40.8 Å². The first-order chi connectivity index (χ1) is 19.7. The van der Waals surface area contributed by atoms with Crippen molar-refractivity contribution in [2.45, 2.75) is 31.6 Å². The fraction of sp³-hybridized carbons (Fsp3) is 0.267. The van der Waals surface area contributed by atoms with Gasteiger partial charge in [0.1, 0.15) is 23.3 Å². The molecule has 4 aromatic rings. The third-order valence-corrected chi connectivity index (χ3v) is 6.15. The first-order valence-electron chi connectivity index (χ1n) is 12.9. The number of aliphatic hydroxyl groups is 1. The largest absolute Gasteiger partial charge is 0.376 e. The normalized spacial score (nSPS) is 11.1. The first kappa shape index (κ1) is 34.4. The van der Waals surface area contributed by atoms with Crippen molar-refractivity contribution in [3.63, 3.8) is 0 Å². The number of hydrogen-bond donors (Lipinski definition) is 3. The van der Waals surface area contributed by atoms with Crippen molar-refractivity contribution in [2.24, 2.45) is 5.73 Å². The lowest BCUT2D eigenvalue weighted by molar-refractivity contribution is -0.122. The molecule has 4 N–H and O–H groups in total. The third-order valence-electron chi connectivity index (χ3n) is 5.52. The SMILES string of the molecule is CC.CC(Cl)Cl.NC(C(=O)NCCN(CO)c1cccc(-c2cc(-c3c(Cl)cccc3Cl)no2)c1)c1ccccc1. The van der Waals surface area contributed by atoms with Gasteiger partial charge in [-0.05, 0) is 36.8 Å². The van der Waals surface area contributed by atoms with E-state index in [-0.39, 0.29) is 17.5 Å². The number of nitrogens with two attached hydrogens (primary N) is 1. The van der Waals surface area contributed by atoms with Crippen LogP contribution < -0.4 is 16.0 Å². The lowest BCUT2D eigenvalue weighted by Crippen LogP contribution is -2.39. The first-order valence-corrected chi connectivity index (χ1v) is 14.6. The molecule has 0 bridgehead atoms. The van der Waals surface area contributed by atoms with Crippen LogP contribution in [0.3, 0.4) is 0 Å². The molecular weight excluding hydrogens is 606 g/mol. The number of carbonyl (C=O) groups is 1. The topological polar surface area (TPSA) is 105 Å². The average Bonchev–Trinajstić information content (AvgIpc) is 3.46. The van der Waals surface area contributed by atoms with Crippen LogP contribution in [0.5, 0.6) is 0 Å². The minimum atomic E-state index is -0.755. The van der Waals surface area contributed by atoms with Gasteiger partial charge < -0.3 is 25.6 Å². The fourth-order valence-electron chi connectivity index (χ4n) is 3.64. The zero-order valence-electron chi connectivity index (χ0n) is 23.0. The Hall–Kier alpha value is -2.78. The van der Waals surface area contributed by atoms with Gasteiger partial charge in [-0.1, -0.05) is 90.7 Å². The zero-order valence-corrected chi connectivity index (χ0v) is 26.1. The summed E-state index contributed by atoms with van der Waals surface area (Å²) >= 11 is 22.7. The molecule has 0 saturated carbocycles. The highest BCUT2D eigenvalue weighted by Gasteiger charge is 2.17. The van der Waals surface area contributed by atoms with Crippen LogP contribution in [0.15, 0.2) is 83.4 Å². The Balaban J connectivity index is 0.000000902. The van der Waals surface area contributed by atoms with Crippen LogP contribution in [0, 0.1) is 0 Å². The van der Waals surface area contributed by atoms with Gasteiger partial charge >= 0.3 is 0 Å². The van der Waals surface area contributed by atoms with Gasteiger partial charge in [0, 0.05) is 36.0 Å². The average molecular weight is 640 g/mol. The van der Waals surface area contributed by atoms with Crippen molar-refractivity contribution >= 4 is 58.0 Å². The zero-order chi connectivity index (χ0) is 30.4. The lowest BCUT2D eigenvalue weighted by atomic mass is 10.1. The molecule has 1 unspecified atom stereocenters. The van der Waals surface area contributed by atoms with Gasteiger partial charge in [0.25, 0.3) is 0 Å². The van der Waals surface area contributed by atoms with Gasteiger partial charge in [0.2, 0.25) is 5.91 Å². The number of aliphatic hydroxyl groups excluding tert-OH is 1. The maximum absolute atomic E-state index is 12.4. The second kappa shape index (κ2) is 17.9. The number of nitrogens with zero attached hydrogens (tertiary/aromatic N) is 2. The standard InChI is InChI=1S/C26H24Cl2N4O3.C2H4Cl2.C2H6/c27-20-10-5-11-21(28)24(20)22-15-23(35-31-22)18-8-4-9-19(14-18)32(16-33)13-12-30-26(34)25(29)17-6-2-1-3-7-17;1-2(3)4;1-2/h1-11,14-15,25,33H,12-13,16,29H2,(H,30,34);2H,1H3;1-2H3. The second-order valence-electron chi connectivity index (χ2n) is 8.33. The van der Waals surface area contributed by atoms with Crippen LogP contribution in [0.1, 0.15) is 32.4 Å². The van der Waals surface area contributed by atoms with E-state index in [9.17, 15) is 9.90 Å². The van der Waals surface area contributed by atoms with E-state index in [1.165, 1.54) is 0 Å². The predicted molar refractivity (Wildman–Crippen MR) is 171 cm³/mol. The van der Waals surface area contributed by atoms with Gasteiger partial charge in [-0.2, -0.15) is 0 Å². The maximum atomic E-state index is 12.4. The van der Waals surface area contributed by atoms with Gasteiger partial charge in [-0.3, -0.25) is 4.79 Å². The highest BCUT2D eigenvalue weighted by molar-refractivity contribution is 6.43. The van der Waals surface area contributed by atoms with Crippen molar-refractivity contribution in [2.75, 3.05) is 24.7 Å². The Morgan fingerprint density at radius 2 is 1.61 bits per heavy atom. The number of aromatic nitrogens is 1. The van der Waals surface area contributed by atoms with Crippen molar-refractivity contribution in [3.8, 4) is 22.6 Å². The van der Waals surface area contributed by atoms with E-state index < -0.39 is 6.04 Å². The van der Waals surface area contributed by atoms with E-state index in [2.05, 4.69) is 10.5 Å². The highest BCUT2D eigenvalue weighted by Crippen LogP contribution is 2.36. The van der Waals surface area contributed by atoms with E-state index in [4.69, 9.17) is 56.7 Å². The Morgan fingerprint density at radius 1 is 1.00 bits per heavy atom. The summed E-state index contributed by atoms with van der Waals surface area (Å²) < 4.78 is 5.55. The van der Waals surface area contributed by atoms with E-state index in [1.54, 1.807) is 36.1 Å². The molecule has 1 heterocycles. The summed E-state index contributed by atoms with van der Waals surface area (Å²) in [6.45, 7) is 6.15. The molecule has 0 spiro atoms. The molecule has 11 heteroatoms. The number of alkyl halides is 2. The maximum Gasteiger partial charge on any atom is 0.241 e. The smallest absolute Gasteiger partial charge is 0.241 e. The molecule has 0 aliphatic heterocycles. The minimum absolute atomic E-state index is 0.222. The Morgan fingerprint density at radius 3 is 2.22 bits per heavy atom. The molecule has 7 nitrogen and oxygen atoms in total. The van der Waals surface area contributed by atoms with Crippen molar-refractivity contribution < 1.29 is 14.4 Å². The Bertz CT molecular complexity index is 1330. The number of hydrogen-bond acceptors (Lipinski definition) is 6. The summed E-state index contributed by atoms with van der Waals surface area (Å²) in [5.74, 6) is 0.244. The molecule has 0 aliphatic carbocycles. The van der Waals surface area contributed by atoms with Crippen molar-refractivity contribution in [1.82, 2.24) is 10.5 Å². The number of halogens is 4. The quantitative estimate of drug-likeness (QED) is 0.128. The molecule has 0 aliphatic rings. The molecule has 0 saturated heterocycles. The number of amides is 1. The van der Waals surface area contributed by atoms with Gasteiger partial charge in [0.15, 0.2) is 5.76 Å². The summed E-state index contributed by atoms with van der Waals surface area (Å²) in [5.41, 5.74) is 9.41. The van der Waals surface area contributed by atoms with Crippen LogP contribution >= 0.6 is 46.4 Å². The Kier molecular flexibility index (Phi) is 15.0. The molecule has 3 aromatic carbocycles. The van der Waals surface area contributed by atoms with Gasteiger partial charge in [-0.15, -0.1) is 23.2 Å². The van der Waals surface area contributed by atoms with E-state index in [0.29, 0.717) is 40.2 Å². The lowest BCUT2D eigenvalue weighted by Gasteiger charge is -2.23. The molecular formula is C30H34Cl4N4O3.